The van der Waals surface area contributed by atoms with Crippen LogP contribution in [0.15, 0.2) is 18.3 Å². The van der Waals surface area contributed by atoms with Gasteiger partial charge in [0.15, 0.2) is 6.20 Å². The van der Waals surface area contributed by atoms with Crippen molar-refractivity contribution in [1.82, 2.24) is 4.98 Å². The van der Waals surface area contributed by atoms with Crippen molar-refractivity contribution in [3.05, 3.63) is 28.4 Å². The first-order valence-electron chi connectivity index (χ1n) is 5.66. The minimum atomic E-state index is -0.797. The van der Waals surface area contributed by atoms with Crippen LogP contribution in [-0.2, 0) is 4.79 Å². The second-order valence-corrected chi connectivity index (χ2v) is 4.26. The zero-order valence-electron chi connectivity index (χ0n) is 9.65. The van der Waals surface area contributed by atoms with Gasteiger partial charge in [0.25, 0.3) is 0 Å². The average Bonchev–Trinajstić information content (AvgIpc) is 2.39. The molecule has 0 spiro atoms. The number of hydrogen-bond acceptors (Lipinski definition) is 5. The van der Waals surface area contributed by atoms with E-state index in [9.17, 15) is 14.9 Å². The molecule has 1 aromatic heterocycles. The number of anilines is 1. The number of carboxylic acid groups (broad SMARTS) is 1. The van der Waals surface area contributed by atoms with E-state index in [1.807, 2.05) is 4.90 Å². The van der Waals surface area contributed by atoms with E-state index in [0.29, 0.717) is 13.0 Å². The molecule has 1 fully saturated rings. The van der Waals surface area contributed by atoms with Crippen LogP contribution in [0.2, 0.25) is 0 Å². The molecule has 1 aliphatic rings. The number of hydrogen-bond donors (Lipinski definition) is 1. The Kier molecular flexibility index (Phi) is 3.40. The monoisotopic (exact) mass is 251 g/mol. The molecular weight excluding hydrogens is 238 g/mol. The zero-order valence-corrected chi connectivity index (χ0v) is 9.65. The van der Waals surface area contributed by atoms with Crippen LogP contribution < -0.4 is 4.90 Å². The Morgan fingerprint density at radius 3 is 2.89 bits per heavy atom. The van der Waals surface area contributed by atoms with Gasteiger partial charge >= 0.3 is 11.8 Å². The number of pyridine rings is 1. The third-order valence-electron chi connectivity index (χ3n) is 3.06. The van der Waals surface area contributed by atoms with Gasteiger partial charge in [-0.1, -0.05) is 0 Å². The summed E-state index contributed by atoms with van der Waals surface area (Å²) in [6.07, 6.45) is 2.89. The minimum Gasteiger partial charge on any atom is -0.481 e. The fourth-order valence-electron chi connectivity index (χ4n) is 2.09. The molecule has 0 amide bonds. The highest BCUT2D eigenvalue weighted by molar-refractivity contribution is 5.71. The average molecular weight is 251 g/mol. The predicted molar refractivity (Wildman–Crippen MR) is 63.5 cm³/mol. The summed E-state index contributed by atoms with van der Waals surface area (Å²) in [5.74, 6) is -1.38. The molecule has 1 unspecified atom stereocenters. The molecule has 1 aliphatic heterocycles. The summed E-state index contributed by atoms with van der Waals surface area (Å²) in [5, 5.41) is 19.5. The highest BCUT2D eigenvalue weighted by Crippen LogP contribution is 2.23. The van der Waals surface area contributed by atoms with Gasteiger partial charge in [0.2, 0.25) is 0 Å². The first kappa shape index (κ1) is 12.3. The maximum absolute atomic E-state index is 10.9. The Balaban J connectivity index is 2.11. The topological polar surface area (TPSA) is 96.6 Å². The van der Waals surface area contributed by atoms with Gasteiger partial charge in [-0.25, -0.2) is 0 Å². The van der Waals surface area contributed by atoms with Crippen LogP contribution in [0.4, 0.5) is 11.5 Å². The lowest BCUT2D eigenvalue weighted by Crippen LogP contribution is -2.38. The van der Waals surface area contributed by atoms with Crippen LogP contribution in [0.1, 0.15) is 12.8 Å². The predicted octanol–water partition coefficient (Wildman–Crippen LogP) is 1.29. The molecule has 7 nitrogen and oxygen atoms in total. The van der Waals surface area contributed by atoms with Crippen molar-refractivity contribution in [3.8, 4) is 0 Å². The summed E-state index contributed by atoms with van der Waals surface area (Å²) in [5.41, 5.74) is 0.728. The van der Waals surface area contributed by atoms with Gasteiger partial charge in [-0.15, -0.1) is 0 Å². The van der Waals surface area contributed by atoms with E-state index >= 15 is 0 Å². The zero-order chi connectivity index (χ0) is 13.1. The van der Waals surface area contributed by atoms with E-state index in [0.717, 1.165) is 18.7 Å². The number of rotatable bonds is 3. The summed E-state index contributed by atoms with van der Waals surface area (Å²) in [6, 6.07) is 2.94. The van der Waals surface area contributed by atoms with Crippen molar-refractivity contribution in [2.45, 2.75) is 12.8 Å². The fourth-order valence-corrected chi connectivity index (χ4v) is 2.09. The van der Waals surface area contributed by atoms with E-state index in [-0.39, 0.29) is 11.7 Å². The van der Waals surface area contributed by atoms with Crippen molar-refractivity contribution in [3.63, 3.8) is 0 Å². The molecule has 7 heteroatoms. The van der Waals surface area contributed by atoms with Gasteiger partial charge in [0, 0.05) is 19.2 Å². The highest BCUT2D eigenvalue weighted by Gasteiger charge is 2.26. The largest absolute Gasteiger partial charge is 0.481 e. The summed E-state index contributed by atoms with van der Waals surface area (Å²) >= 11 is 0. The maximum atomic E-state index is 10.9. The third kappa shape index (κ3) is 2.55. The first-order valence-corrected chi connectivity index (χ1v) is 5.66. The van der Waals surface area contributed by atoms with Gasteiger partial charge in [0.05, 0.1) is 11.6 Å². The second-order valence-electron chi connectivity index (χ2n) is 4.26. The molecule has 1 N–H and O–H groups in total. The Labute approximate surface area is 103 Å². The van der Waals surface area contributed by atoms with Crippen molar-refractivity contribution in [1.29, 1.82) is 0 Å². The van der Waals surface area contributed by atoms with Gasteiger partial charge in [0.1, 0.15) is 0 Å². The van der Waals surface area contributed by atoms with Gasteiger partial charge in [-0.2, -0.15) is 0 Å². The Bertz CT molecular complexity index is 460. The molecule has 0 radical (unpaired) electrons. The highest BCUT2D eigenvalue weighted by atomic mass is 16.6. The van der Waals surface area contributed by atoms with Crippen molar-refractivity contribution in [2.75, 3.05) is 18.0 Å². The van der Waals surface area contributed by atoms with Crippen LogP contribution in [-0.4, -0.2) is 34.1 Å². The molecule has 1 saturated heterocycles. The van der Waals surface area contributed by atoms with Crippen molar-refractivity contribution >= 4 is 17.5 Å². The Morgan fingerprint density at radius 1 is 1.56 bits per heavy atom. The van der Waals surface area contributed by atoms with E-state index in [1.54, 1.807) is 6.07 Å². The van der Waals surface area contributed by atoms with Gasteiger partial charge in [-0.05, 0) is 28.8 Å². The summed E-state index contributed by atoms with van der Waals surface area (Å²) in [4.78, 5) is 26.5. The molecule has 18 heavy (non-hydrogen) atoms. The quantitative estimate of drug-likeness (QED) is 0.642. The molecule has 2 heterocycles. The van der Waals surface area contributed by atoms with Crippen molar-refractivity contribution in [2.24, 2.45) is 5.92 Å². The summed E-state index contributed by atoms with van der Waals surface area (Å²) in [7, 11) is 0. The van der Waals surface area contributed by atoms with Crippen molar-refractivity contribution < 1.29 is 14.8 Å². The molecule has 1 aromatic rings. The third-order valence-corrected chi connectivity index (χ3v) is 3.06. The number of aliphatic carboxylic acids is 1. The molecule has 96 valence electrons. The molecular formula is C11H13N3O4. The summed E-state index contributed by atoms with van der Waals surface area (Å²) < 4.78 is 0. The number of carboxylic acids is 1. The number of aromatic nitrogens is 1. The number of nitrogens with zero attached hydrogens (tertiary/aromatic N) is 3. The van der Waals surface area contributed by atoms with Crippen LogP contribution in [0.3, 0.4) is 0 Å². The SMILES string of the molecule is O=C(O)C1CCCN(c2ccc([N+](=O)[O-])nc2)C1. The Morgan fingerprint density at radius 2 is 2.33 bits per heavy atom. The first-order chi connectivity index (χ1) is 8.58. The maximum Gasteiger partial charge on any atom is 0.363 e. The van der Waals surface area contributed by atoms with E-state index in [1.165, 1.54) is 12.3 Å². The molecule has 0 bridgehead atoms. The lowest BCUT2D eigenvalue weighted by molar-refractivity contribution is -0.389. The standard InChI is InChI=1S/C11H13N3O4/c15-11(16)8-2-1-5-13(7-8)9-3-4-10(12-6-9)14(17)18/h3-4,6,8H,1-2,5,7H2,(H,15,16). The van der Waals surface area contributed by atoms with E-state index in [2.05, 4.69) is 4.98 Å². The number of carbonyl (C=O) groups is 1. The Hall–Kier alpha value is -2.18. The molecule has 0 aliphatic carbocycles. The van der Waals surface area contributed by atoms with E-state index in [4.69, 9.17) is 5.11 Å². The molecule has 0 saturated carbocycles. The summed E-state index contributed by atoms with van der Waals surface area (Å²) in [6.45, 7) is 1.18. The van der Waals surface area contributed by atoms with Crippen LogP contribution in [0.25, 0.3) is 0 Å². The fraction of sp³-hybridized carbons (Fsp3) is 0.455. The van der Waals surface area contributed by atoms with E-state index < -0.39 is 10.9 Å². The smallest absolute Gasteiger partial charge is 0.363 e. The minimum absolute atomic E-state index is 0.203. The lowest BCUT2D eigenvalue weighted by atomic mass is 9.98. The molecule has 2 rings (SSSR count). The van der Waals surface area contributed by atoms with Crippen LogP contribution in [0, 0.1) is 16.0 Å². The van der Waals surface area contributed by atoms with Crippen LogP contribution >= 0.6 is 0 Å². The molecule has 1 atom stereocenters. The van der Waals surface area contributed by atoms with Gasteiger partial charge < -0.3 is 20.1 Å². The van der Waals surface area contributed by atoms with Crippen LogP contribution in [0.5, 0.6) is 0 Å². The number of piperidine rings is 1. The normalized spacial score (nSPS) is 19.6. The lowest BCUT2D eigenvalue weighted by Gasteiger charge is -2.31. The molecule has 0 aromatic carbocycles. The van der Waals surface area contributed by atoms with Gasteiger partial charge in [-0.3, -0.25) is 4.79 Å². The second kappa shape index (κ2) is 4.99. The number of nitro groups is 1.